The number of carbonyl (C=O) groups is 2. The molecule has 0 saturated carbocycles. The summed E-state index contributed by atoms with van der Waals surface area (Å²) in [5.74, 6) is -0.593. The summed E-state index contributed by atoms with van der Waals surface area (Å²) in [5.41, 5.74) is -1.36. The van der Waals surface area contributed by atoms with Crippen LogP contribution in [0.15, 0.2) is 21.7 Å². The third-order valence-corrected chi connectivity index (χ3v) is 3.47. The van der Waals surface area contributed by atoms with E-state index in [2.05, 4.69) is 10.3 Å². The van der Waals surface area contributed by atoms with Gasteiger partial charge in [0.2, 0.25) is 5.91 Å². The number of urea groups is 1. The summed E-state index contributed by atoms with van der Waals surface area (Å²) in [6.45, 7) is 1.68. The summed E-state index contributed by atoms with van der Waals surface area (Å²) < 4.78 is 21.1. The predicted octanol–water partition coefficient (Wildman–Crippen LogP) is 0.924. The number of aliphatic imine (C=N–C) groups is 1. The molecule has 1 aliphatic rings. The molecule has 1 aromatic rings. The number of nitrogens with zero attached hydrogens (tertiary/aromatic N) is 1. The van der Waals surface area contributed by atoms with E-state index < -0.39 is 31.3 Å². The van der Waals surface area contributed by atoms with Crippen LogP contribution in [0.1, 0.15) is 19.1 Å². The van der Waals surface area contributed by atoms with Gasteiger partial charge in [0, 0.05) is 12.3 Å². The zero-order chi connectivity index (χ0) is 15.7. The van der Waals surface area contributed by atoms with E-state index in [1.807, 2.05) is 0 Å². The van der Waals surface area contributed by atoms with Crippen molar-refractivity contribution < 1.29 is 33.1 Å². The van der Waals surface area contributed by atoms with Crippen LogP contribution >= 0.6 is 7.60 Å². The number of nitrogens with one attached hydrogen (secondary N) is 1. The maximum absolute atomic E-state index is 12.1. The molecule has 11 heteroatoms. The van der Waals surface area contributed by atoms with E-state index in [1.54, 1.807) is 6.92 Å². The molecule has 22 heavy (non-hydrogen) atoms. The van der Waals surface area contributed by atoms with E-state index in [9.17, 15) is 14.2 Å². The molecule has 0 bridgehead atoms. The Hall–Kier alpha value is -2.00. The van der Waals surface area contributed by atoms with Crippen molar-refractivity contribution in [2.45, 2.75) is 18.8 Å². The summed E-state index contributed by atoms with van der Waals surface area (Å²) in [4.78, 5) is 44.4. The Balaban J connectivity index is 0.00000242. The lowest BCUT2D eigenvalue weighted by atomic mass is 9.81. The SMILES string of the molecule is CCC1(c2occc2OCP(=O)(O)O)C=NC(=O)NC1=O.N. The van der Waals surface area contributed by atoms with Gasteiger partial charge in [-0.15, -0.1) is 0 Å². The molecular formula is C11H16N3O7P. The first-order valence-corrected chi connectivity index (χ1v) is 7.74. The summed E-state index contributed by atoms with van der Waals surface area (Å²) in [6.07, 6.45) is 1.74. The number of furan rings is 1. The average molecular weight is 333 g/mol. The van der Waals surface area contributed by atoms with E-state index in [-0.39, 0.29) is 24.1 Å². The molecule has 6 N–H and O–H groups in total. The summed E-state index contributed by atoms with van der Waals surface area (Å²) in [6, 6.07) is 0.549. The first kappa shape index (κ1) is 18.1. The Morgan fingerprint density at radius 2 is 2.14 bits per heavy atom. The highest BCUT2D eigenvalue weighted by molar-refractivity contribution is 7.51. The minimum atomic E-state index is -4.37. The van der Waals surface area contributed by atoms with E-state index in [0.29, 0.717) is 0 Å². The lowest BCUT2D eigenvalue weighted by Crippen LogP contribution is -2.50. The van der Waals surface area contributed by atoms with Crippen molar-refractivity contribution in [3.05, 3.63) is 18.1 Å². The molecule has 1 aliphatic heterocycles. The second-order valence-corrected chi connectivity index (χ2v) is 5.98. The van der Waals surface area contributed by atoms with Gasteiger partial charge in [-0.25, -0.2) is 9.79 Å². The molecule has 0 radical (unpaired) electrons. The van der Waals surface area contributed by atoms with E-state index >= 15 is 0 Å². The predicted molar refractivity (Wildman–Crippen MR) is 75.3 cm³/mol. The van der Waals surface area contributed by atoms with Crippen LogP contribution in [0.5, 0.6) is 5.75 Å². The van der Waals surface area contributed by atoms with Crippen molar-refractivity contribution in [3.63, 3.8) is 0 Å². The normalized spacial score (nSPS) is 21.2. The highest BCUT2D eigenvalue weighted by Gasteiger charge is 2.45. The van der Waals surface area contributed by atoms with E-state index in [1.165, 1.54) is 12.3 Å². The van der Waals surface area contributed by atoms with E-state index in [4.69, 9.17) is 18.9 Å². The molecule has 1 atom stereocenters. The zero-order valence-electron chi connectivity index (χ0n) is 11.7. The molecule has 0 saturated heterocycles. The van der Waals surface area contributed by atoms with Gasteiger partial charge in [0.1, 0.15) is 5.41 Å². The molecule has 1 aromatic heterocycles. The fourth-order valence-electron chi connectivity index (χ4n) is 1.93. The monoisotopic (exact) mass is 333 g/mol. The fraction of sp³-hybridized carbons (Fsp3) is 0.364. The number of imide groups is 1. The van der Waals surface area contributed by atoms with Crippen LogP contribution in [0.3, 0.4) is 0 Å². The Morgan fingerprint density at radius 3 is 2.68 bits per heavy atom. The summed E-state index contributed by atoms with van der Waals surface area (Å²) in [7, 11) is -4.37. The van der Waals surface area contributed by atoms with Gasteiger partial charge in [-0.1, -0.05) is 6.92 Å². The lowest BCUT2D eigenvalue weighted by molar-refractivity contribution is -0.124. The largest absolute Gasteiger partial charge is 0.477 e. The lowest BCUT2D eigenvalue weighted by Gasteiger charge is -2.27. The Bertz CT molecular complexity index is 650. The van der Waals surface area contributed by atoms with Crippen LogP contribution in [0.2, 0.25) is 0 Å². The third-order valence-electron chi connectivity index (χ3n) is 3.01. The van der Waals surface area contributed by atoms with Crippen LogP contribution < -0.4 is 16.2 Å². The van der Waals surface area contributed by atoms with Crippen molar-refractivity contribution in [3.8, 4) is 5.75 Å². The van der Waals surface area contributed by atoms with Gasteiger partial charge in [-0.05, 0) is 6.42 Å². The van der Waals surface area contributed by atoms with Gasteiger partial charge < -0.3 is 25.1 Å². The van der Waals surface area contributed by atoms with Crippen molar-refractivity contribution in [1.82, 2.24) is 11.5 Å². The van der Waals surface area contributed by atoms with Gasteiger partial charge in [0.25, 0.3) is 0 Å². The van der Waals surface area contributed by atoms with Gasteiger partial charge in [-0.2, -0.15) is 0 Å². The first-order chi connectivity index (χ1) is 9.78. The highest BCUT2D eigenvalue weighted by atomic mass is 31.2. The molecule has 2 rings (SSSR count). The quantitative estimate of drug-likeness (QED) is 0.575. The molecule has 10 nitrogen and oxygen atoms in total. The van der Waals surface area contributed by atoms with Crippen molar-refractivity contribution in [2.75, 3.05) is 6.35 Å². The molecular weight excluding hydrogens is 317 g/mol. The van der Waals surface area contributed by atoms with Gasteiger partial charge in [-0.3, -0.25) is 14.7 Å². The second-order valence-electron chi connectivity index (χ2n) is 4.39. The highest BCUT2D eigenvalue weighted by Crippen LogP contribution is 2.39. The third kappa shape index (κ3) is 3.42. The molecule has 0 aliphatic carbocycles. The zero-order valence-corrected chi connectivity index (χ0v) is 12.6. The summed E-state index contributed by atoms with van der Waals surface area (Å²) >= 11 is 0. The number of amides is 3. The van der Waals surface area contributed by atoms with Gasteiger partial charge >= 0.3 is 13.6 Å². The molecule has 0 spiro atoms. The first-order valence-electron chi connectivity index (χ1n) is 5.94. The van der Waals surface area contributed by atoms with Crippen LogP contribution in [0.25, 0.3) is 0 Å². The van der Waals surface area contributed by atoms with Gasteiger partial charge in [0.15, 0.2) is 17.9 Å². The average Bonchev–Trinajstić information content (AvgIpc) is 2.85. The van der Waals surface area contributed by atoms with Crippen LogP contribution in [0, 0.1) is 0 Å². The van der Waals surface area contributed by atoms with Crippen molar-refractivity contribution in [2.24, 2.45) is 4.99 Å². The van der Waals surface area contributed by atoms with Gasteiger partial charge in [0.05, 0.1) is 6.26 Å². The number of hydrogen-bond donors (Lipinski definition) is 4. The molecule has 0 aromatic carbocycles. The topological polar surface area (TPSA) is 173 Å². The Morgan fingerprint density at radius 1 is 1.45 bits per heavy atom. The fourth-order valence-corrected chi connectivity index (χ4v) is 2.24. The van der Waals surface area contributed by atoms with Crippen LogP contribution in [-0.4, -0.2) is 34.3 Å². The van der Waals surface area contributed by atoms with Crippen LogP contribution in [-0.2, 0) is 14.8 Å². The maximum Gasteiger partial charge on any atom is 0.362 e. The minimum Gasteiger partial charge on any atom is -0.477 e. The van der Waals surface area contributed by atoms with Crippen molar-refractivity contribution in [1.29, 1.82) is 0 Å². The Kier molecular flexibility index (Phi) is 5.26. The minimum absolute atomic E-state index is 0. The smallest absolute Gasteiger partial charge is 0.362 e. The van der Waals surface area contributed by atoms with Crippen molar-refractivity contribution >= 4 is 25.7 Å². The van der Waals surface area contributed by atoms with E-state index in [0.717, 1.165) is 6.21 Å². The number of rotatable bonds is 5. The van der Waals surface area contributed by atoms with Crippen LogP contribution in [0.4, 0.5) is 4.79 Å². The maximum atomic E-state index is 12.1. The molecule has 1 unspecified atom stereocenters. The molecule has 3 amide bonds. The number of carbonyl (C=O) groups excluding carboxylic acids is 2. The number of ether oxygens (including phenoxy) is 1. The summed E-state index contributed by atoms with van der Waals surface area (Å²) in [5, 5.41) is 2.06. The standard InChI is InChI=1S/C11H13N2O7P.H3N/c1-2-11(5-12-10(15)13-9(11)14)8-7(3-4-19-8)20-6-21(16,17)18;/h3-5H,2,6H2,1H3,(H,13,14,15)(H2,16,17,18);1H3. The second kappa shape index (κ2) is 6.41. The molecule has 0 fully saturated rings. The Labute approximate surface area is 125 Å². The number of hydrogen-bond acceptors (Lipinski definition) is 6. The molecule has 122 valence electrons. The molecule has 2 heterocycles.